The third kappa shape index (κ3) is 5.53. The second kappa shape index (κ2) is 10.5. The Morgan fingerprint density at radius 2 is 1.47 bits per heavy atom. The van der Waals surface area contributed by atoms with E-state index in [2.05, 4.69) is 10.6 Å². The average molecular weight is 460 g/mol. The quantitative estimate of drug-likeness (QED) is 0.465. The molecule has 174 valence electrons. The molecule has 2 amide bonds. The summed E-state index contributed by atoms with van der Waals surface area (Å²) in [4.78, 5) is 36.4. The minimum atomic E-state index is -1.26. The topological polar surface area (TPSA) is 114 Å². The van der Waals surface area contributed by atoms with Gasteiger partial charge in [0.15, 0.2) is 0 Å². The van der Waals surface area contributed by atoms with Gasteiger partial charge in [-0.05, 0) is 24.1 Å². The molecule has 0 bridgehead atoms. The van der Waals surface area contributed by atoms with Gasteiger partial charge in [-0.25, -0.2) is 9.59 Å². The zero-order valence-electron chi connectivity index (χ0n) is 18.3. The van der Waals surface area contributed by atoms with Crippen molar-refractivity contribution in [3.05, 3.63) is 95.6 Å². The number of amides is 2. The summed E-state index contributed by atoms with van der Waals surface area (Å²) in [6.07, 6.45) is -1.05. The Hall–Kier alpha value is -4.33. The number of alkyl carbamates (subject to hydrolysis) is 1. The number of hydrogen-bond donors (Lipinski definition) is 3. The second-order valence-electron chi connectivity index (χ2n) is 7.81. The van der Waals surface area contributed by atoms with Crippen molar-refractivity contribution in [1.29, 1.82) is 0 Å². The average Bonchev–Trinajstić information content (AvgIpc) is 2.85. The molecule has 0 aliphatic carbocycles. The van der Waals surface area contributed by atoms with Crippen LogP contribution in [0.25, 0.3) is 0 Å². The molecular weight excluding hydrogens is 436 g/mol. The Labute approximate surface area is 196 Å². The number of para-hydroxylation sites is 2. The number of carboxylic acid groups (broad SMARTS) is 1. The van der Waals surface area contributed by atoms with E-state index in [1.807, 2.05) is 66.7 Å². The Morgan fingerprint density at radius 1 is 0.882 bits per heavy atom. The van der Waals surface area contributed by atoms with Crippen LogP contribution in [0, 0.1) is 0 Å². The summed E-state index contributed by atoms with van der Waals surface area (Å²) in [6, 6.07) is 22.2. The molecule has 1 unspecified atom stereocenters. The number of rotatable bonds is 8. The van der Waals surface area contributed by atoms with Gasteiger partial charge in [0.2, 0.25) is 5.91 Å². The van der Waals surface area contributed by atoms with Crippen molar-refractivity contribution in [2.24, 2.45) is 0 Å². The lowest BCUT2D eigenvalue weighted by atomic mass is 9.94. The number of carbonyl (C=O) groups excluding carboxylic acids is 2. The van der Waals surface area contributed by atoms with Gasteiger partial charge in [-0.3, -0.25) is 4.79 Å². The Morgan fingerprint density at radius 3 is 2.09 bits per heavy atom. The predicted octanol–water partition coefficient (Wildman–Crippen LogP) is 4.16. The number of nitrogens with one attached hydrogen (secondary N) is 2. The molecule has 3 aromatic carbocycles. The van der Waals surface area contributed by atoms with E-state index in [1.165, 1.54) is 0 Å². The van der Waals surface area contributed by atoms with E-state index in [0.29, 0.717) is 11.5 Å². The third-order valence-corrected chi connectivity index (χ3v) is 5.45. The van der Waals surface area contributed by atoms with Crippen LogP contribution in [0.15, 0.2) is 78.9 Å². The van der Waals surface area contributed by atoms with E-state index >= 15 is 0 Å². The summed E-state index contributed by atoms with van der Waals surface area (Å²) in [6.45, 7) is 0.0159. The number of aliphatic carboxylic acids is 1. The van der Waals surface area contributed by atoms with Gasteiger partial charge >= 0.3 is 12.1 Å². The fourth-order valence-electron chi connectivity index (χ4n) is 3.74. The third-order valence-electron chi connectivity index (χ3n) is 5.45. The SMILES string of the molecule is O=C(CCC(NC(=O)OCc1ccccc1)C(=O)O)NC1c2ccccc2Oc2ccccc21. The molecule has 4 rings (SSSR count). The largest absolute Gasteiger partial charge is 0.480 e. The molecule has 8 nitrogen and oxygen atoms in total. The van der Waals surface area contributed by atoms with Crippen molar-refractivity contribution in [2.45, 2.75) is 31.5 Å². The van der Waals surface area contributed by atoms with Crippen LogP contribution >= 0.6 is 0 Å². The molecular formula is C26H24N2O6. The molecule has 1 aliphatic rings. The summed E-state index contributed by atoms with van der Waals surface area (Å²) in [7, 11) is 0. The van der Waals surface area contributed by atoms with Crippen molar-refractivity contribution < 1.29 is 29.0 Å². The number of hydrogen-bond acceptors (Lipinski definition) is 5. The van der Waals surface area contributed by atoms with Crippen LogP contribution in [-0.4, -0.2) is 29.1 Å². The maximum atomic E-state index is 12.8. The van der Waals surface area contributed by atoms with Crippen LogP contribution in [0.2, 0.25) is 0 Å². The molecule has 0 saturated carbocycles. The molecule has 0 spiro atoms. The second-order valence-corrected chi connectivity index (χ2v) is 7.81. The minimum absolute atomic E-state index is 0.0159. The monoisotopic (exact) mass is 460 g/mol. The van der Waals surface area contributed by atoms with E-state index < -0.39 is 24.1 Å². The first-order chi connectivity index (χ1) is 16.5. The smallest absolute Gasteiger partial charge is 0.408 e. The van der Waals surface area contributed by atoms with Gasteiger partial charge < -0.3 is 25.2 Å². The van der Waals surface area contributed by atoms with E-state index in [1.54, 1.807) is 12.1 Å². The van der Waals surface area contributed by atoms with Crippen LogP contribution in [0.1, 0.15) is 35.6 Å². The molecule has 1 heterocycles. The Bertz CT molecular complexity index is 1140. The van der Waals surface area contributed by atoms with Gasteiger partial charge in [-0.15, -0.1) is 0 Å². The summed E-state index contributed by atoms with van der Waals surface area (Å²) in [5.74, 6) is -0.288. The number of carbonyl (C=O) groups is 3. The Balaban J connectivity index is 1.35. The fraction of sp³-hybridized carbons (Fsp3) is 0.192. The highest BCUT2D eigenvalue weighted by molar-refractivity contribution is 5.82. The number of fused-ring (bicyclic) bond motifs is 2. The van der Waals surface area contributed by atoms with Crippen molar-refractivity contribution in [3.8, 4) is 11.5 Å². The van der Waals surface area contributed by atoms with E-state index in [0.717, 1.165) is 16.7 Å². The lowest BCUT2D eigenvalue weighted by molar-refractivity contribution is -0.139. The Kier molecular flexibility index (Phi) is 7.07. The number of carboxylic acids is 1. The molecule has 8 heteroatoms. The van der Waals surface area contributed by atoms with Crippen LogP contribution in [0.5, 0.6) is 11.5 Å². The van der Waals surface area contributed by atoms with Gasteiger partial charge in [0, 0.05) is 17.5 Å². The molecule has 0 aromatic heterocycles. The first kappa shape index (κ1) is 22.8. The van der Waals surface area contributed by atoms with Gasteiger partial charge in [-0.2, -0.15) is 0 Å². The highest BCUT2D eigenvalue weighted by Gasteiger charge is 2.29. The standard InChI is InChI=1S/C26H24N2O6/c29-23(15-14-20(25(30)31)27-26(32)33-16-17-8-2-1-3-9-17)28-24-18-10-4-6-12-21(18)34-22-13-7-5-11-19(22)24/h1-13,20,24H,14-16H2,(H,27,32)(H,28,29)(H,30,31). The summed E-state index contributed by atoms with van der Waals surface area (Å²) in [5.41, 5.74) is 2.40. The molecule has 34 heavy (non-hydrogen) atoms. The van der Waals surface area contributed by atoms with Crippen LogP contribution in [0.4, 0.5) is 4.79 Å². The zero-order chi connectivity index (χ0) is 23.9. The maximum absolute atomic E-state index is 12.8. The van der Waals surface area contributed by atoms with Gasteiger partial charge in [0.05, 0.1) is 6.04 Å². The highest BCUT2D eigenvalue weighted by atomic mass is 16.5. The summed E-state index contributed by atoms with van der Waals surface area (Å²) < 4.78 is 11.0. The van der Waals surface area contributed by atoms with Crippen LogP contribution < -0.4 is 15.4 Å². The molecule has 0 fully saturated rings. The summed E-state index contributed by atoms with van der Waals surface area (Å²) >= 11 is 0. The zero-order valence-corrected chi connectivity index (χ0v) is 18.3. The van der Waals surface area contributed by atoms with Crippen LogP contribution in [-0.2, 0) is 20.9 Å². The van der Waals surface area contributed by atoms with Crippen LogP contribution in [0.3, 0.4) is 0 Å². The van der Waals surface area contributed by atoms with Crippen molar-refractivity contribution in [1.82, 2.24) is 10.6 Å². The molecule has 3 aromatic rings. The fourth-order valence-corrected chi connectivity index (χ4v) is 3.74. The molecule has 1 aliphatic heterocycles. The van der Waals surface area contributed by atoms with Gasteiger partial charge in [0.25, 0.3) is 0 Å². The molecule has 0 radical (unpaired) electrons. The van der Waals surface area contributed by atoms with Crippen molar-refractivity contribution in [2.75, 3.05) is 0 Å². The first-order valence-electron chi connectivity index (χ1n) is 10.9. The number of ether oxygens (including phenoxy) is 2. The van der Waals surface area contributed by atoms with E-state index in [4.69, 9.17) is 9.47 Å². The normalized spacial score (nSPS) is 12.9. The van der Waals surface area contributed by atoms with Gasteiger partial charge in [0.1, 0.15) is 24.1 Å². The first-order valence-corrected chi connectivity index (χ1v) is 10.9. The van der Waals surface area contributed by atoms with Crippen molar-refractivity contribution in [3.63, 3.8) is 0 Å². The highest BCUT2D eigenvalue weighted by Crippen LogP contribution is 2.42. The lowest BCUT2D eigenvalue weighted by Crippen LogP contribution is -2.42. The molecule has 1 atom stereocenters. The van der Waals surface area contributed by atoms with Crippen molar-refractivity contribution >= 4 is 18.0 Å². The predicted molar refractivity (Wildman–Crippen MR) is 123 cm³/mol. The minimum Gasteiger partial charge on any atom is -0.480 e. The maximum Gasteiger partial charge on any atom is 0.408 e. The molecule has 3 N–H and O–H groups in total. The van der Waals surface area contributed by atoms with E-state index in [-0.39, 0.29) is 25.4 Å². The van der Waals surface area contributed by atoms with Gasteiger partial charge in [-0.1, -0.05) is 66.7 Å². The summed E-state index contributed by atoms with van der Waals surface area (Å²) in [5, 5.41) is 14.8. The number of benzene rings is 3. The van der Waals surface area contributed by atoms with E-state index in [9.17, 15) is 19.5 Å². The molecule has 0 saturated heterocycles. The lowest BCUT2D eigenvalue weighted by Gasteiger charge is -2.29.